The van der Waals surface area contributed by atoms with Gasteiger partial charge in [0.15, 0.2) is 0 Å². The summed E-state index contributed by atoms with van der Waals surface area (Å²) in [6.45, 7) is 0. The smallest absolute Gasteiger partial charge is 0.130 e. The number of hydrogen-bond acceptors (Lipinski definition) is 3. The normalized spacial score (nSPS) is 36.4. The molecule has 0 aromatic heterocycles. The van der Waals surface area contributed by atoms with Gasteiger partial charge >= 0.3 is 0 Å². The van der Waals surface area contributed by atoms with E-state index in [0.29, 0.717) is 12.8 Å². The molecule has 1 N–H and O–H groups in total. The number of nitrogens with zero attached hydrogens (tertiary/aromatic N) is 1. The summed E-state index contributed by atoms with van der Waals surface area (Å²) in [7, 11) is -0.904. The van der Waals surface area contributed by atoms with Crippen molar-refractivity contribution in [3.05, 3.63) is 35.1 Å². The fraction of sp³-hybridized carbons (Fsp3) is 0.533. The van der Waals surface area contributed by atoms with E-state index in [4.69, 9.17) is 5.26 Å². The summed E-state index contributed by atoms with van der Waals surface area (Å²) in [5.74, 6) is -0.544. The van der Waals surface area contributed by atoms with Crippen LogP contribution < -0.4 is 0 Å². The van der Waals surface area contributed by atoms with Crippen molar-refractivity contribution in [2.45, 2.75) is 48.2 Å². The maximum Gasteiger partial charge on any atom is 0.130 e. The molecule has 0 radical (unpaired) electrons. The van der Waals surface area contributed by atoms with E-state index in [0.717, 1.165) is 25.3 Å². The van der Waals surface area contributed by atoms with Crippen LogP contribution in [0.5, 0.6) is 0 Å². The van der Waals surface area contributed by atoms with Gasteiger partial charge in [0.25, 0.3) is 0 Å². The molecular formula is C15H16FNO2S. The number of fused-ring (bicyclic) bond motifs is 2. The molecule has 2 heterocycles. The largest absolute Gasteiger partial charge is 0.385 e. The third-order valence-corrected chi connectivity index (χ3v) is 6.56. The molecule has 2 unspecified atom stereocenters. The van der Waals surface area contributed by atoms with Crippen LogP contribution in [0, 0.1) is 17.1 Å². The van der Waals surface area contributed by atoms with E-state index in [9.17, 15) is 13.7 Å². The van der Waals surface area contributed by atoms with Crippen molar-refractivity contribution in [2.75, 3.05) is 0 Å². The van der Waals surface area contributed by atoms with Gasteiger partial charge in [0.2, 0.25) is 0 Å². The van der Waals surface area contributed by atoms with E-state index < -0.39 is 22.2 Å². The van der Waals surface area contributed by atoms with Gasteiger partial charge in [-0.1, -0.05) is 12.5 Å². The first-order valence-corrected chi connectivity index (χ1v) is 8.13. The minimum atomic E-state index is -1.25. The van der Waals surface area contributed by atoms with Crippen molar-refractivity contribution >= 4 is 10.8 Å². The van der Waals surface area contributed by atoms with Crippen LogP contribution in [0.25, 0.3) is 0 Å². The highest BCUT2D eigenvalue weighted by atomic mass is 32.2. The lowest BCUT2D eigenvalue weighted by atomic mass is 9.80. The Morgan fingerprint density at radius 2 is 2.00 bits per heavy atom. The van der Waals surface area contributed by atoms with Crippen LogP contribution in [0.2, 0.25) is 0 Å². The Hall–Kier alpha value is -1.25. The molecule has 1 aromatic carbocycles. The molecule has 106 valence electrons. The molecule has 2 atom stereocenters. The molecule has 2 bridgehead atoms. The second-order valence-electron chi connectivity index (χ2n) is 5.75. The summed E-state index contributed by atoms with van der Waals surface area (Å²) in [5, 5.41) is 19.5. The number of nitriles is 1. The Labute approximate surface area is 119 Å². The van der Waals surface area contributed by atoms with E-state index >= 15 is 0 Å². The summed E-state index contributed by atoms with van der Waals surface area (Å²) in [6, 6.07) is 6.07. The van der Waals surface area contributed by atoms with Gasteiger partial charge in [-0.15, -0.1) is 0 Å². The molecule has 0 amide bonds. The SMILES string of the molecule is N#Cc1ccc(C2(O)CC3CCCC(C2)S3=O)c(F)c1. The molecule has 2 saturated heterocycles. The Kier molecular flexibility index (Phi) is 3.39. The zero-order valence-corrected chi connectivity index (χ0v) is 11.8. The molecule has 0 aliphatic carbocycles. The lowest BCUT2D eigenvalue weighted by Crippen LogP contribution is -2.47. The molecule has 5 heteroatoms. The van der Waals surface area contributed by atoms with Gasteiger partial charge in [0, 0.05) is 26.9 Å². The zero-order valence-electron chi connectivity index (χ0n) is 11.0. The van der Waals surface area contributed by atoms with Crippen molar-refractivity contribution in [3.63, 3.8) is 0 Å². The Morgan fingerprint density at radius 3 is 2.55 bits per heavy atom. The first-order chi connectivity index (χ1) is 9.53. The number of hydrogen-bond donors (Lipinski definition) is 1. The third-order valence-electron chi connectivity index (χ3n) is 4.44. The minimum Gasteiger partial charge on any atom is -0.385 e. The first kappa shape index (κ1) is 13.7. The predicted molar refractivity (Wildman–Crippen MR) is 73.8 cm³/mol. The summed E-state index contributed by atoms with van der Waals surface area (Å²) in [5.41, 5.74) is -0.763. The second kappa shape index (κ2) is 4.94. The van der Waals surface area contributed by atoms with Gasteiger partial charge < -0.3 is 5.11 Å². The van der Waals surface area contributed by atoms with Gasteiger partial charge in [0.05, 0.1) is 17.2 Å². The van der Waals surface area contributed by atoms with E-state index in [-0.39, 0.29) is 21.6 Å². The fourth-order valence-corrected chi connectivity index (χ4v) is 5.69. The Bertz CT molecular complexity index is 594. The number of aliphatic hydroxyl groups is 1. The van der Waals surface area contributed by atoms with Gasteiger partial charge in [-0.2, -0.15) is 5.26 Å². The van der Waals surface area contributed by atoms with Crippen LogP contribution >= 0.6 is 0 Å². The lowest BCUT2D eigenvalue weighted by Gasteiger charge is -2.43. The molecule has 1 aromatic rings. The van der Waals surface area contributed by atoms with Crippen LogP contribution in [-0.4, -0.2) is 19.8 Å². The van der Waals surface area contributed by atoms with Crippen LogP contribution in [0.4, 0.5) is 4.39 Å². The zero-order chi connectivity index (χ0) is 14.3. The standard InChI is InChI=1S/C15H16FNO2S/c16-14-6-10(9-17)4-5-13(14)15(18)7-11-2-1-3-12(8-15)20(11)19/h4-6,11-12,18H,1-3,7-8H2. The highest BCUT2D eigenvalue weighted by Gasteiger charge is 2.47. The third kappa shape index (κ3) is 2.17. The monoisotopic (exact) mass is 293 g/mol. The van der Waals surface area contributed by atoms with Crippen molar-refractivity contribution in [3.8, 4) is 6.07 Å². The summed E-state index contributed by atoms with van der Waals surface area (Å²) < 4.78 is 26.3. The maximum absolute atomic E-state index is 14.2. The first-order valence-electron chi connectivity index (χ1n) is 6.85. The van der Waals surface area contributed by atoms with Crippen molar-refractivity contribution in [1.29, 1.82) is 5.26 Å². The molecule has 3 rings (SSSR count). The van der Waals surface area contributed by atoms with Crippen molar-refractivity contribution in [1.82, 2.24) is 0 Å². The fourth-order valence-electron chi connectivity index (χ4n) is 3.46. The lowest BCUT2D eigenvalue weighted by molar-refractivity contribution is 0.00337. The molecule has 3 nitrogen and oxygen atoms in total. The number of rotatable bonds is 1. The second-order valence-corrected chi connectivity index (χ2v) is 7.74. The van der Waals surface area contributed by atoms with Crippen LogP contribution in [-0.2, 0) is 16.4 Å². The summed E-state index contributed by atoms with van der Waals surface area (Å²) in [4.78, 5) is 0. The average Bonchev–Trinajstić information content (AvgIpc) is 2.40. The Morgan fingerprint density at radius 1 is 1.35 bits per heavy atom. The van der Waals surface area contributed by atoms with Gasteiger partial charge in [-0.25, -0.2) is 4.39 Å². The number of halogens is 1. The molecule has 2 fully saturated rings. The van der Waals surface area contributed by atoms with Gasteiger partial charge in [-0.3, -0.25) is 4.21 Å². The van der Waals surface area contributed by atoms with Crippen LogP contribution in [0.15, 0.2) is 18.2 Å². The predicted octanol–water partition coefficient (Wildman–Crippen LogP) is 2.35. The molecule has 2 aliphatic rings. The van der Waals surface area contributed by atoms with Gasteiger partial charge in [0.1, 0.15) is 5.82 Å². The van der Waals surface area contributed by atoms with E-state index in [1.165, 1.54) is 12.1 Å². The highest BCUT2D eigenvalue weighted by molar-refractivity contribution is 7.86. The summed E-state index contributed by atoms with van der Waals surface area (Å²) >= 11 is 0. The average molecular weight is 293 g/mol. The van der Waals surface area contributed by atoms with E-state index in [1.807, 2.05) is 6.07 Å². The van der Waals surface area contributed by atoms with Crippen LogP contribution in [0.3, 0.4) is 0 Å². The maximum atomic E-state index is 14.2. The van der Waals surface area contributed by atoms with E-state index in [1.54, 1.807) is 0 Å². The molecular weight excluding hydrogens is 277 g/mol. The quantitative estimate of drug-likeness (QED) is 0.864. The minimum absolute atomic E-state index is 0.0393. The number of benzene rings is 1. The molecule has 0 spiro atoms. The molecule has 2 aliphatic heterocycles. The summed E-state index contributed by atoms with van der Waals surface area (Å²) in [6.07, 6.45) is 3.40. The van der Waals surface area contributed by atoms with Gasteiger partial charge in [-0.05, 0) is 37.8 Å². The topological polar surface area (TPSA) is 61.1 Å². The van der Waals surface area contributed by atoms with Crippen molar-refractivity contribution in [2.24, 2.45) is 0 Å². The highest BCUT2D eigenvalue weighted by Crippen LogP contribution is 2.45. The molecule has 0 saturated carbocycles. The van der Waals surface area contributed by atoms with E-state index in [2.05, 4.69) is 0 Å². The van der Waals surface area contributed by atoms with Crippen molar-refractivity contribution < 1.29 is 13.7 Å². The molecule has 20 heavy (non-hydrogen) atoms. The van der Waals surface area contributed by atoms with Crippen LogP contribution in [0.1, 0.15) is 43.2 Å². The Balaban J connectivity index is 1.97.